The minimum Gasteiger partial charge on any atom is -0.399 e. The Balaban J connectivity index is 2.22. The maximum absolute atomic E-state index is 5.73. The summed E-state index contributed by atoms with van der Waals surface area (Å²) in [5.41, 5.74) is 8.62. The second kappa shape index (κ2) is 7.30. The Bertz CT molecular complexity index is 496. The molecule has 0 radical (unpaired) electrons. The van der Waals surface area contributed by atoms with E-state index in [1.807, 2.05) is 24.3 Å². The van der Waals surface area contributed by atoms with Crippen molar-refractivity contribution in [1.29, 1.82) is 0 Å². The van der Waals surface area contributed by atoms with Crippen molar-refractivity contribution in [2.45, 2.75) is 58.4 Å². The van der Waals surface area contributed by atoms with Gasteiger partial charge >= 0.3 is 0 Å². The number of nitrogens with zero attached hydrogens (tertiary/aromatic N) is 2. The zero-order chi connectivity index (χ0) is 15.2. The Kier molecular flexibility index (Phi) is 5.43. The van der Waals surface area contributed by atoms with Crippen LogP contribution in [0.15, 0.2) is 41.5 Å². The Morgan fingerprint density at radius 3 is 2.43 bits per heavy atom. The van der Waals surface area contributed by atoms with Crippen molar-refractivity contribution in [1.82, 2.24) is 4.90 Å². The Hall–Kier alpha value is -1.77. The Morgan fingerprint density at radius 2 is 1.86 bits per heavy atom. The van der Waals surface area contributed by atoms with Gasteiger partial charge in [-0.2, -0.15) is 0 Å². The molecule has 0 saturated heterocycles. The Morgan fingerprint density at radius 1 is 1.24 bits per heavy atom. The lowest BCUT2D eigenvalue weighted by Gasteiger charge is -2.36. The van der Waals surface area contributed by atoms with Gasteiger partial charge in [-0.05, 0) is 50.5 Å². The van der Waals surface area contributed by atoms with Gasteiger partial charge in [0.05, 0.1) is 5.69 Å². The van der Waals surface area contributed by atoms with Crippen LogP contribution in [0.4, 0.5) is 11.4 Å². The first-order chi connectivity index (χ1) is 10.1. The topological polar surface area (TPSA) is 41.6 Å². The minimum absolute atomic E-state index is 0.559. The number of benzene rings is 1. The molecule has 3 nitrogen and oxygen atoms in total. The maximum atomic E-state index is 5.73. The number of allylic oxidation sites excluding steroid dienone is 1. The van der Waals surface area contributed by atoms with E-state index >= 15 is 0 Å². The first kappa shape index (κ1) is 15.6. The van der Waals surface area contributed by atoms with Crippen LogP contribution in [0, 0.1) is 0 Å². The summed E-state index contributed by atoms with van der Waals surface area (Å²) in [5, 5.41) is 0. The van der Waals surface area contributed by atoms with Crippen molar-refractivity contribution in [2.75, 3.05) is 5.73 Å². The molecular weight excluding hydrogens is 258 g/mol. The number of nitrogens with two attached hydrogens (primary N) is 1. The van der Waals surface area contributed by atoms with Gasteiger partial charge in [0.25, 0.3) is 0 Å². The summed E-state index contributed by atoms with van der Waals surface area (Å²) < 4.78 is 0. The summed E-state index contributed by atoms with van der Waals surface area (Å²) in [6.07, 6.45) is 7.43. The van der Waals surface area contributed by atoms with Crippen molar-refractivity contribution in [3.05, 3.63) is 36.5 Å². The molecule has 21 heavy (non-hydrogen) atoms. The van der Waals surface area contributed by atoms with E-state index in [4.69, 9.17) is 10.7 Å². The number of anilines is 1. The van der Waals surface area contributed by atoms with Gasteiger partial charge in [-0.25, -0.2) is 4.99 Å². The molecule has 0 unspecified atom stereocenters. The SMILES string of the molecule is C=C(CC)N(C(C)=Nc1ccc(N)cc1)C1CCCCC1. The summed E-state index contributed by atoms with van der Waals surface area (Å²) in [7, 11) is 0. The monoisotopic (exact) mass is 285 g/mol. The summed E-state index contributed by atoms with van der Waals surface area (Å²) >= 11 is 0. The van der Waals surface area contributed by atoms with Crippen LogP contribution < -0.4 is 5.73 Å². The lowest BCUT2D eigenvalue weighted by Crippen LogP contribution is -2.39. The standard InChI is InChI=1S/C18H27N3/c1-4-14(2)21(18-8-6-5-7-9-18)15(3)20-17-12-10-16(19)11-13-17/h10-13,18H,2,4-9,19H2,1,3H3. The number of nitrogen functional groups attached to an aromatic ring is 1. The van der Waals surface area contributed by atoms with Crippen molar-refractivity contribution in [2.24, 2.45) is 4.99 Å². The zero-order valence-corrected chi connectivity index (χ0v) is 13.3. The third-order valence-electron chi connectivity index (χ3n) is 4.22. The summed E-state index contributed by atoms with van der Waals surface area (Å²) in [4.78, 5) is 7.13. The fraction of sp³-hybridized carbons (Fsp3) is 0.500. The molecule has 0 aromatic heterocycles. The van der Waals surface area contributed by atoms with Crippen LogP contribution in [0.1, 0.15) is 52.4 Å². The predicted molar refractivity (Wildman–Crippen MR) is 91.8 cm³/mol. The second-order valence-corrected chi connectivity index (χ2v) is 5.83. The second-order valence-electron chi connectivity index (χ2n) is 5.83. The highest BCUT2D eigenvalue weighted by molar-refractivity contribution is 5.84. The maximum Gasteiger partial charge on any atom is 0.106 e. The fourth-order valence-corrected chi connectivity index (χ4v) is 3.05. The van der Waals surface area contributed by atoms with E-state index in [1.54, 1.807) is 0 Å². The van der Waals surface area contributed by atoms with Crippen LogP contribution in [0.3, 0.4) is 0 Å². The van der Waals surface area contributed by atoms with Gasteiger partial charge in [-0.3, -0.25) is 0 Å². The third-order valence-corrected chi connectivity index (χ3v) is 4.22. The van der Waals surface area contributed by atoms with Crippen molar-refractivity contribution < 1.29 is 0 Å². The van der Waals surface area contributed by atoms with Crippen LogP contribution in [0.2, 0.25) is 0 Å². The van der Waals surface area contributed by atoms with Gasteiger partial charge < -0.3 is 10.6 Å². The molecule has 114 valence electrons. The van der Waals surface area contributed by atoms with Gasteiger partial charge in [-0.1, -0.05) is 32.8 Å². The van der Waals surface area contributed by atoms with E-state index in [1.165, 1.54) is 37.8 Å². The zero-order valence-electron chi connectivity index (χ0n) is 13.3. The van der Waals surface area contributed by atoms with Crippen LogP contribution in [-0.2, 0) is 0 Å². The molecule has 2 rings (SSSR count). The molecule has 1 aromatic carbocycles. The van der Waals surface area contributed by atoms with Crippen LogP contribution in [0.25, 0.3) is 0 Å². The van der Waals surface area contributed by atoms with Crippen molar-refractivity contribution in [3.63, 3.8) is 0 Å². The molecule has 1 fully saturated rings. The number of rotatable bonds is 4. The van der Waals surface area contributed by atoms with Gasteiger partial charge in [0.1, 0.15) is 5.84 Å². The molecule has 2 N–H and O–H groups in total. The molecule has 0 aliphatic heterocycles. The average Bonchev–Trinajstić information content (AvgIpc) is 2.50. The van der Waals surface area contributed by atoms with E-state index < -0.39 is 0 Å². The van der Waals surface area contributed by atoms with E-state index in [9.17, 15) is 0 Å². The highest BCUT2D eigenvalue weighted by Gasteiger charge is 2.23. The molecule has 0 atom stereocenters. The van der Waals surface area contributed by atoms with Gasteiger partial charge in [0, 0.05) is 17.4 Å². The number of hydrogen-bond acceptors (Lipinski definition) is 2. The Labute approximate surface area is 128 Å². The van der Waals surface area contributed by atoms with E-state index in [0.717, 1.165) is 23.6 Å². The number of aliphatic imine (C=N–C) groups is 1. The highest BCUT2D eigenvalue weighted by Crippen LogP contribution is 2.27. The fourth-order valence-electron chi connectivity index (χ4n) is 3.05. The van der Waals surface area contributed by atoms with Crippen LogP contribution >= 0.6 is 0 Å². The predicted octanol–water partition coefficient (Wildman–Crippen LogP) is 4.88. The van der Waals surface area contributed by atoms with Gasteiger partial charge in [0.15, 0.2) is 0 Å². The lowest BCUT2D eigenvalue weighted by atomic mass is 9.93. The van der Waals surface area contributed by atoms with E-state index in [-0.39, 0.29) is 0 Å². The molecule has 0 amide bonds. The first-order valence-electron chi connectivity index (χ1n) is 7.99. The van der Waals surface area contributed by atoms with Crippen molar-refractivity contribution in [3.8, 4) is 0 Å². The summed E-state index contributed by atoms with van der Waals surface area (Å²) in [6.45, 7) is 8.50. The number of amidine groups is 1. The quantitative estimate of drug-likeness (QED) is 0.487. The van der Waals surface area contributed by atoms with Crippen molar-refractivity contribution >= 4 is 17.2 Å². The average molecular weight is 285 g/mol. The number of hydrogen-bond donors (Lipinski definition) is 1. The normalized spacial score (nSPS) is 16.8. The molecule has 0 heterocycles. The third kappa shape index (κ3) is 4.10. The smallest absolute Gasteiger partial charge is 0.106 e. The van der Waals surface area contributed by atoms with Gasteiger partial charge in [0.2, 0.25) is 0 Å². The molecule has 1 aromatic rings. The molecule has 1 aliphatic carbocycles. The van der Waals surface area contributed by atoms with Crippen LogP contribution in [0.5, 0.6) is 0 Å². The summed E-state index contributed by atoms with van der Waals surface area (Å²) in [5.74, 6) is 1.04. The van der Waals surface area contributed by atoms with Crippen LogP contribution in [-0.4, -0.2) is 16.8 Å². The molecule has 0 bridgehead atoms. The molecular formula is C18H27N3. The minimum atomic E-state index is 0.559. The molecule has 1 aliphatic rings. The largest absolute Gasteiger partial charge is 0.399 e. The molecule has 1 saturated carbocycles. The van der Waals surface area contributed by atoms with E-state index in [2.05, 4.69) is 25.3 Å². The first-order valence-corrected chi connectivity index (χ1v) is 7.99. The summed E-state index contributed by atoms with van der Waals surface area (Å²) in [6, 6.07) is 8.28. The van der Waals surface area contributed by atoms with Gasteiger partial charge in [-0.15, -0.1) is 0 Å². The molecule has 3 heteroatoms. The highest BCUT2D eigenvalue weighted by atomic mass is 15.2. The molecule has 0 spiro atoms. The van der Waals surface area contributed by atoms with E-state index in [0.29, 0.717) is 6.04 Å². The lowest BCUT2D eigenvalue weighted by molar-refractivity contribution is 0.279.